The Morgan fingerprint density at radius 1 is 0.234 bits per heavy atom. The second kappa shape index (κ2) is 57.7. The van der Waals surface area contributed by atoms with E-state index < -0.39 is 0 Å². The van der Waals surface area contributed by atoms with Gasteiger partial charge in [0, 0.05) is 153 Å². The van der Waals surface area contributed by atoms with Crippen LogP contribution in [0.5, 0.6) is 0 Å². The summed E-state index contributed by atoms with van der Waals surface area (Å²) in [6, 6.07) is 141. The molecule has 137 heavy (non-hydrogen) atoms. The number of hydrogen-bond acceptors (Lipinski definition) is 13. The Hall–Kier alpha value is -13.9. The van der Waals surface area contributed by atoms with E-state index in [9.17, 15) is 0 Å². The first-order chi connectivity index (χ1) is 65.2. The molecule has 12 heterocycles. The first-order valence-corrected chi connectivity index (χ1v) is 44.2. The maximum atomic E-state index is 4.78. The Kier molecular flexibility index (Phi) is 45.0. The molecule has 0 unspecified atom stereocenters. The average Bonchev–Trinajstić information content (AvgIpc) is 0.833. The topological polar surface area (TPSA) is 168 Å². The zero-order valence-electron chi connectivity index (χ0n) is 77.5. The molecule has 12 aromatic heterocycles. The van der Waals surface area contributed by atoms with Crippen LogP contribution in [0.1, 0.15) is 79.9 Å². The van der Waals surface area contributed by atoms with Crippen LogP contribution in [0.3, 0.4) is 0 Å². The van der Waals surface area contributed by atoms with E-state index in [0.29, 0.717) is 11.8 Å². The van der Waals surface area contributed by atoms with Crippen LogP contribution in [0.15, 0.2) is 414 Å². The number of pyridine rings is 11. The van der Waals surface area contributed by atoms with Crippen molar-refractivity contribution in [1.82, 2.24) is 64.8 Å². The van der Waals surface area contributed by atoms with Gasteiger partial charge in [-0.05, 0) is 209 Å². The van der Waals surface area contributed by atoms with Crippen LogP contribution in [0, 0.1) is 82.1 Å². The van der Waals surface area contributed by atoms with Crippen molar-refractivity contribution in [3.63, 3.8) is 0 Å². The van der Waals surface area contributed by atoms with Crippen molar-refractivity contribution >= 4 is 0 Å². The molecule has 0 aliphatic heterocycles. The third-order valence-corrected chi connectivity index (χ3v) is 20.3. The SMILES string of the molecule is CC(C)Cc1cccc(-c2ccnc(-c3[c-]cccc3)c2)n1.CC(C)c1cccc(-c2ccnc(-c3[c-]cccc3)c2)n1.CCc1cccc(-c2ccnc(-c3[c-]cccc3)c2)n1.Cc1ccc(-c2[c-]cccc2)nc1.Cc1ccc(-c2[c-]cccc2)nc1.Cc1ccc(-c2[c-]cccc2)nc1.Cc1ccc(-c2[c-]cccc2)nc1.[Ir].[Ir].[Ir].[Ir].[c-]1ccccc1-c1cc(-c2ccncn2)ccn1. The number of nitrogens with zero attached hydrogens (tertiary/aromatic N) is 13. The van der Waals surface area contributed by atoms with E-state index >= 15 is 0 Å². The zero-order chi connectivity index (χ0) is 92.4. The predicted octanol–water partition coefficient (Wildman–Crippen LogP) is 28.1. The van der Waals surface area contributed by atoms with Crippen molar-refractivity contribution in [2.75, 3.05) is 0 Å². The van der Waals surface area contributed by atoms with Gasteiger partial charge in [-0.1, -0.05) is 126 Å². The molecule has 0 atom stereocenters. The fraction of sp³-hybridized carbons (Fsp3) is 0.108. The second-order valence-corrected chi connectivity index (χ2v) is 31.5. The fourth-order valence-electron chi connectivity index (χ4n) is 13.3. The predicted molar refractivity (Wildman–Crippen MR) is 540 cm³/mol. The third-order valence-electron chi connectivity index (χ3n) is 20.3. The number of aryl methyl sites for hydroxylation is 5. The normalized spacial score (nSPS) is 10.0. The second-order valence-electron chi connectivity index (χ2n) is 31.5. The van der Waals surface area contributed by atoms with Crippen molar-refractivity contribution in [2.24, 2.45) is 5.92 Å². The van der Waals surface area contributed by atoms with Crippen molar-refractivity contribution in [3.8, 4) is 135 Å². The van der Waals surface area contributed by atoms with Crippen molar-refractivity contribution in [1.29, 1.82) is 0 Å². The monoisotopic (exact) mass is 2500 g/mol. The molecule has 20 rings (SSSR count). The van der Waals surface area contributed by atoms with Crippen LogP contribution in [0.25, 0.3) is 135 Å². The van der Waals surface area contributed by atoms with Gasteiger partial charge >= 0.3 is 0 Å². The van der Waals surface area contributed by atoms with E-state index in [1.165, 1.54) is 22.3 Å². The van der Waals surface area contributed by atoms with Crippen LogP contribution in [-0.2, 0) is 93.3 Å². The van der Waals surface area contributed by atoms with Gasteiger partial charge < -0.3 is 39.9 Å². The van der Waals surface area contributed by atoms with Crippen molar-refractivity contribution in [3.05, 3.63) is 502 Å². The minimum Gasteiger partial charge on any atom is -0.305 e. The van der Waals surface area contributed by atoms with E-state index in [1.54, 1.807) is 18.7 Å². The van der Waals surface area contributed by atoms with Crippen molar-refractivity contribution < 1.29 is 80.4 Å². The van der Waals surface area contributed by atoms with Gasteiger partial charge in [-0.15, -0.1) is 287 Å². The fourth-order valence-corrected chi connectivity index (χ4v) is 13.3. The van der Waals surface area contributed by atoms with Gasteiger partial charge in [0.25, 0.3) is 0 Å². The smallest absolute Gasteiger partial charge is 0.116 e. The maximum Gasteiger partial charge on any atom is 0.116 e. The summed E-state index contributed by atoms with van der Waals surface area (Å²) >= 11 is 0. The molecule has 0 aliphatic rings. The summed E-state index contributed by atoms with van der Waals surface area (Å²) in [6.07, 6.45) is 20.0. The van der Waals surface area contributed by atoms with E-state index in [2.05, 4.69) is 223 Å². The van der Waals surface area contributed by atoms with Crippen LogP contribution >= 0.6 is 0 Å². The van der Waals surface area contributed by atoms with Gasteiger partial charge in [0.05, 0.1) is 22.8 Å². The summed E-state index contributed by atoms with van der Waals surface area (Å²) in [4.78, 5) is 57.3. The summed E-state index contributed by atoms with van der Waals surface area (Å²) in [5.74, 6) is 1.03. The summed E-state index contributed by atoms with van der Waals surface area (Å²) in [5.41, 5.74) is 32.0. The minimum atomic E-state index is 0. The Balaban J connectivity index is 0.000000176. The molecule has 13 nitrogen and oxygen atoms in total. The van der Waals surface area contributed by atoms with Gasteiger partial charge in [0.2, 0.25) is 0 Å². The molecule has 0 fully saturated rings. The minimum absolute atomic E-state index is 0. The Bertz CT molecular complexity index is 6440. The molecular weight excluding hydrogens is 2390 g/mol. The Morgan fingerprint density at radius 3 is 0.766 bits per heavy atom. The molecule has 0 saturated carbocycles. The van der Waals surface area contributed by atoms with Crippen LogP contribution in [-0.4, -0.2) is 64.8 Å². The largest absolute Gasteiger partial charge is 0.305 e. The van der Waals surface area contributed by atoms with E-state index in [-0.39, 0.29) is 80.4 Å². The number of benzene rings is 8. The van der Waals surface area contributed by atoms with E-state index in [0.717, 1.165) is 165 Å². The van der Waals surface area contributed by atoms with Crippen molar-refractivity contribution in [2.45, 2.75) is 81.1 Å². The molecule has 4 radical (unpaired) electrons. The summed E-state index contributed by atoms with van der Waals surface area (Å²) in [5, 5.41) is 0. The maximum absolute atomic E-state index is 4.78. The number of rotatable bonds is 16. The molecule has 0 aliphatic carbocycles. The Labute approximate surface area is 861 Å². The van der Waals surface area contributed by atoms with Gasteiger partial charge in [0.15, 0.2) is 0 Å². The summed E-state index contributed by atoms with van der Waals surface area (Å²) in [6.45, 7) is 19.0. The standard InChI is InChI=1S/C20H19N2.C19H17N2.C18H15N2.C15H10N3.4C12H10N.4Ir/c1-15(2)13-18-9-6-10-19(22-18)17-11-12-21-20(14-17)16-7-4-3-5-8-16;1-14(2)17-9-6-10-18(21-17)16-11-12-20-19(13-16)15-7-4-3-5-8-15;1-2-16-9-6-10-17(20-16)15-11-12-19-18(13-15)14-7-4-3-5-8-14;1-2-4-12(5-3-1)15-10-13(6-9-17-15)14-7-8-16-11-18-14;4*1-10-7-8-12(13-9-10)11-5-3-2-4-6-11;;;;/h3-7,9-12,14-15H,13H2,1-2H3;3-7,9-14H,1-2H3;3-7,9-13H,2H2,1H3;1-4,6-11H;4*2-5,7-9H,1H3;;;;/q8*-1;;;;. The van der Waals surface area contributed by atoms with E-state index in [1.807, 2.05) is 338 Å². The Morgan fingerprint density at radius 2 is 0.511 bits per heavy atom. The van der Waals surface area contributed by atoms with Gasteiger partial charge in [0.1, 0.15) is 6.33 Å². The molecule has 0 N–H and O–H groups in total. The van der Waals surface area contributed by atoms with Crippen LogP contribution < -0.4 is 0 Å². The van der Waals surface area contributed by atoms with E-state index in [4.69, 9.17) is 9.97 Å². The summed E-state index contributed by atoms with van der Waals surface area (Å²) < 4.78 is 0. The summed E-state index contributed by atoms with van der Waals surface area (Å²) in [7, 11) is 0. The molecule has 0 saturated heterocycles. The quantitative estimate of drug-likeness (QED) is 0.0839. The average molecular weight is 2490 g/mol. The van der Waals surface area contributed by atoms with Gasteiger partial charge in [-0.25, -0.2) is 9.97 Å². The molecule has 690 valence electrons. The molecule has 0 spiro atoms. The zero-order valence-corrected chi connectivity index (χ0v) is 87.1. The molecule has 17 heteroatoms. The molecular formula is C120H101Ir4N13-8. The third kappa shape index (κ3) is 34.4. The molecule has 8 aromatic carbocycles. The number of aromatic nitrogens is 13. The number of hydrogen-bond donors (Lipinski definition) is 0. The van der Waals surface area contributed by atoms with Crippen LogP contribution in [0.4, 0.5) is 0 Å². The first kappa shape index (κ1) is 107. The van der Waals surface area contributed by atoms with Gasteiger partial charge in [-0.2, -0.15) is 0 Å². The molecule has 0 amide bonds. The molecule has 20 aromatic rings. The molecule has 0 bridgehead atoms. The first-order valence-electron chi connectivity index (χ1n) is 44.2. The van der Waals surface area contributed by atoms with Gasteiger partial charge in [-0.3, -0.25) is 15.0 Å². The van der Waals surface area contributed by atoms with Crippen LogP contribution in [0.2, 0.25) is 0 Å².